The molecule has 0 atom stereocenters. The lowest BCUT2D eigenvalue weighted by molar-refractivity contribution is 1.66. The van der Waals surface area contributed by atoms with Crippen molar-refractivity contribution in [2.75, 3.05) is 0 Å². The van der Waals surface area contributed by atoms with Crippen LogP contribution in [0.5, 0.6) is 0 Å². The molecule has 28 aromatic carbocycles. The minimum atomic E-state index is -0.955. The molecule has 0 heterocycles. The molecule has 632 valence electrons. The van der Waals surface area contributed by atoms with Crippen molar-refractivity contribution in [3.8, 4) is 89.0 Å². The summed E-state index contributed by atoms with van der Waals surface area (Å²) in [6.07, 6.45) is 0. The molecule has 0 radical (unpaired) electrons. The molecule has 136 heavy (non-hydrogen) atoms. The van der Waals surface area contributed by atoms with Crippen molar-refractivity contribution in [3.05, 3.63) is 532 Å². The number of hydrogen-bond donors (Lipinski definition) is 0. The van der Waals surface area contributed by atoms with Gasteiger partial charge in [0.2, 0.25) is 0 Å². The minimum absolute atomic E-state index is 0.497. The Balaban J connectivity index is 0.000000141. The first-order chi connectivity index (χ1) is 104. The van der Waals surface area contributed by atoms with E-state index in [1.807, 2.05) is 0 Å². The fraction of sp³-hybridized carbons (Fsp3) is 0. The van der Waals surface area contributed by atoms with Crippen molar-refractivity contribution in [1.82, 2.24) is 0 Å². The van der Waals surface area contributed by atoms with Crippen molar-refractivity contribution >= 4 is 172 Å². The van der Waals surface area contributed by atoms with Crippen LogP contribution in [0.4, 0.5) is 0 Å². The number of rotatable bonds is 8. The molecule has 28 rings (SSSR count). The standard InChI is InChI=1S/C38H24.2C34H22.C30H20/c1-2-12-27-24-28(21-20-25(27)10-1)37-33-14-5-7-16-35(33)38(36-17-8-6-15-34(36)37)32-19-9-18-30-29-13-4-3-11-26(29)22-23-31(30)32;1-3-15-25-23(11-1)13-9-21-27(25)33-29-17-5-7-19-31(29)34(32-20-8-6-18-30(32)33)28-22-10-14-24-12-2-4-16-26(24)28;1-3-11-25-21-27(19-17-23(25)9-1)33-29-13-5-7-15-31(29)34(32-16-8-6-14-30(32)33)28-20-18-24-10-2-4-12-26(24)22-28;1-2-11-22(12-3-1)29-25-14-6-8-16-27(25)30(28-17-9-7-15-26(28)29)24-19-18-21-10-4-5-13-23(21)20-24/h1-24H;2*1-22H;1-20H/i1D,2D,3D,4D,5D,6D,7D,8D,9D,10D,11D,12D,13D,14D,15D,16D,17D,18D,19D,20D,21D,22D,23D,24D;2*1D,2D,3D,4D,5D,6D,7D,8D,9D,10D,11D,12D,13D,14D,15D,16D,17D,18D,19D,20D,21D,22D;1D,2D,3D,4D,5D,6D,7D,8D,9D,10D,11D,12D,13D,14D,15D,16D,17D,18D,19D,20D. The van der Waals surface area contributed by atoms with Crippen molar-refractivity contribution < 1.29 is 121 Å². The van der Waals surface area contributed by atoms with E-state index in [2.05, 4.69) is 0 Å². The van der Waals surface area contributed by atoms with Crippen LogP contribution >= 0.6 is 0 Å². The summed E-state index contributed by atoms with van der Waals surface area (Å²) in [6, 6.07) is -75.6. The van der Waals surface area contributed by atoms with Crippen LogP contribution in [0.25, 0.3) is 261 Å². The highest BCUT2D eigenvalue weighted by molar-refractivity contribution is 6.29. The average Bonchev–Trinajstić information content (AvgIpc) is 0.678. The molecule has 0 heteroatoms. The van der Waals surface area contributed by atoms with E-state index in [1.165, 1.54) is 0 Å². The van der Waals surface area contributed by atoms with E-state index in [0.29, 0.717) is 0 Å². The van der Waals surface area contributed by atoms with Crippen molar-refractivity contribution in [2.24, 2.45) is 0 Å². The number of fused-ring (bicyclic) bond motifs is 17. The van der Waals surface area contributed by atoms with Gasteiger partial charge in [-0.3, -0.25) is 0 Å². The number of hydrogen-bond acceptors (Lipinski definition) is 0. The van der Waals surface area contributed by atoms with Gasteiger partial charge in [-0.05, 0) is 286 Å². The van der Waals surface area contributed by atoms with E-state index in [9.17, 15) is 20.6 Å². The second-order valence-corrected chi connectivity index (χ2v) is 29.0. The smallest absolute Gasteiger partial charge is 0.0622 e. The van der Waals surface area contributed by atoms with Gasteiger partial charge in [0, 0.05) is 0 Å². The summed E-state index contributed by atoms with van der Waals surface area (Å²) < 4.78 is 772. The Kier molecular flexibility index (Phi) is 7.80. The van der Waals surface area contributed by atoms with E-state index in [-0.39, 0.29) is 0 Å². The molecule has 0 unspecified atom stereocenters. The Bertz CT molecular complexity index is 14700. The van der Waals surface area contributed by atoms with Crippen LogP contribution in [0.3, 0.4) is 0 Å². The molecule has 0 nitrogen and oxygen atoms in total. The van der Waals surface area contributed by atoms with Gasteiger partial charge in [0.1, 0.15) is 0 Å². The fourth-order valence-electron chi connectivity index (χ4n) is 16.1. The van der Waals surface area contributed by atoms with E-state index in [1.54, 1.807) is 0 Å². The van der Waals surface area contributed by atoms with Crippen molar-refractivity contribution in [2.45, 2.75) is 0 Å². The van der Waals surface area contributed by atoms with Crippen LogP contribution < -0.4 is 0 Å². The van der Waals surface area contributed by atoms with Gasteiger partial charge in [-0.2, -0.15) is 0 Å². The molecule has 0 saturated carbocycles. The van der Waals surface area contributed by atoms with Crippen molar-refractivity contribution in [1.29, 1.82) is 0 Å². The Morgan fingerprint density at radius 2 is 0.265 bits per heavy atom. The van der Waals surface area contributed by atoms with Gasteiger partial charge in [0.05, 0.1) is 121 Å². The molecular weight excluding hydrogens is 1630 g/mol. The lowest BCUT2D eigenvalue weighted by atomic mass is 9.84. The first kappa shape index (κ1) is 30.7. The maximum absolute atomic E-state index is 9.40. The number of benzene rings is 28. The SMILES string of the molecule is [2H]c1c([2H])c([2H])c(-c2c3c([2H])c([2H])c([2H])c([2H])c3c(-c3c([2H])c([2H])c4c([2H])c([2H])c([2H])c([2H])c4c3[2H])c3c([2H])c([2H])c([2H])c([2H])c23)c([2H])c1[2H].[2H]c1c([2H])c([2H])c2c(-c3c4c([2H])c([2H])c([2H])c([2H])c4c(-c4c([2H])c([2H])c([2H])c5c([2H])c([2H])c([2H])c([2H])c45)c4c([2H])c([2H])c([2H])c([2H])c34)c([2H])c([2H])c([2H])c2c1[2H].[2H]c1c([2H])c([2H])c2c([2H])c(-c3c4c([2H])c([2H])c([2H])c([2H])c4c(-c4c([2H])c([2H])c([2H])c5c4c([2H])c([2H])c4c([2H])c([2H])c([2H])c([2H])c45)c4c([2H])c([2H])c([2H])c([2H])c34)c([2H])c([2H])c2c1[2H].[2H]c1c([2H])c([2H])c2c([2H])c(-c3c4c([2H])c([2H])c([2H])c([2H])c4c(-c4c([2H])c([2H])c5c([2H])c([2H])c([2H])c([2H])c5c4[2H])c4c([2H])c([2H])c([2H])c([2H])c34)c([2H])c([2H])c2c1[2H]. The molecule has 0 aliphatic rings. The third-order valence-electron chi connectivity index (χ3n) is 21.8. The largest absolute Gasteiger partial charge is 0.0636 e. The summed E-state index contributed by atoms with van der Waals surface area (Å²) in [6.45, 7) is 0. The molecular formula is C136H88. The molecule has 0 aliphatic heterocycles. The van der Waals surface area contributed by atoms with Crippen LogP contribution in [0.1, 0.15) is 121 Å². The van der Waals surface area contributed by atoms with Crippen LogP contribution in [-0.2, 0) is 0 Å². The monoisotopic (exact) mass is 1810 g/mol. The topological polar surface area (TPSA) is 0 Å². The summed E-state index contributed by atoms with van der Waals surface area (Å²) in [5.74, 6) is 0. The van der Waals surface area contributed by atoms with Gasteiger partial charge in [-0.25, -0.2) is 0 Å². The van der Waals surface area contributed by atoms with Gasteiger partial charge in [0.15, 0.2) is 0 Å². The lowest BCUT2D eigenvalue weighted by Crippen LogP contribution is -1.92. The van der Waals surface area contributed by atoms with Gasteiger partial charge in [-0.1, -0.05) is 508 Å². The predicted molar refractivity (Wildman–Crippen MR) is 589 cm³/mol. The summed E-state index contributed by atoms with van der Waals surface area (Å²) in [5.41, 5.74) is -10.4. The summed E-state index contributed by atoms with van der Waals surface area (Å²) in [7, 11) is 0. The van der Waals surface area contributed by atoms with Gasteiger partial charge in [-0.15, -0.1) is 0 Å². The molecule has 0 bridgehead atoms. The lowest BCUT2D eigenvalue weighted by Gasteiger charge is -2.19. The third kappa shape index (κ3) is 14.2. The highest BCUT2D eigenvalue weighted by atomic mass is 14.3. The fourth-order valence-corrected chi connectivity index (χ4v) is 16.1. The zero-order valence-corrected chi connectivity index (χ0v) is 68.0. The summed E-state index contributed by atoms with van der Waals surface area (Å²) >= 11 is 0. The molecule has 0 aromatic heterocycles. The first-order valence-electron chi connectivity index (χ1n) is 84.0. The maximum Gasteiger partial charge on any atom is 0.0636 e. The molecule has 0 saturated heterocycles. The molecule has 0 N–H and O–H groups in total. The van der Waals surface area contributed by atoms with E-state index in [4.69, 9.17) is 100 Å². The quantitative estimate of drug-likeness (QED) is 0.105. The maximum atomic E-state index is 9.40. The normalized spacial score (nSPS) is 20.6. The van der Waals surface area contributed by atoms with E-state index >= 15 is 0 Å². The average molecular weight is 1810 g/mol. The molecule has 0 fully saturated rings. The van der Waals surface area contributed by atoms with Crippen LogP contribution in [0.15, 0.2) is 532 Å². The predicted octanol–water partition coefficient (Wildman–Crippen LogP) is 38.5. The Labute approximate surface area is 913 Å². The third-order valence-corrected chi connectivity index (χ3v) is 21.8. The highest BCUT2D eigenvalue weighted by Crippen LogP contribution is 2.52. The zero-order chi connectivity index (χ0) is 167. The second kappa shape index (κ2) is 34.6. The first-order valence-corrected chi connectivity index (χ1v) is 40.0. The van der Waals surface area contributed by atoms with Gasteiger partial charge >= 0.3 is 0 Å². The molecule has 0 spiro atoms. The van der Waals surface area contributed by atoms with Crippen LogP contribution in [-0.4, -0.2) is 0 Å². The van der Waals surface area contributed by atoms with Gasteiger partial charge < -0.3 is 0 Å². The van der Waals surface area contributed by atoms with E-state index < -0.39 is 793 Å². The molecule has 0 aliphatic carbocycles. The minimum Gasteiger partial charge on any atom is -0.0622 e. The molecule has 28 aromatic rings. The Morgan fingerprint density at radius 1 is 0.0882 bits per heavy atom. The van der Waals surface area contributed by atoms with Crippen molar-refractivity contribution in [3.63, 3.8) is 0 Å². The zero-order valence-electron chi connectivity index (χ0n) is 156. The summed E-state index contributed by atoms with van der Waals surface area (Å²) in [5, 5.41) is -19.0. The van der Waals surface area contributed by atoms with Gasteiger partial charge in [0.25, 0.3) is 0 Å². The van der Waals surface area contributed by atoms with E-state index in [0.717, 1.165) is 0 Å². The van der Waals surface area contributed by atoms with Crippen LogP contribution in [0.2, 0.25) is 0 Å². The molecule has 0 amide bonds. The second-order valence-electron chi connectivity index (χ2n) is 29.0. The Hall–Kier alpha value is -17.7. The summed E-state index contributed by atoms with van der Waals surface area (Å²) in [4.78, 5) is 0. The Morgan fingerprint density at radius 3 is 0.544 bits per heavy atom. The van der Waals surface area contributed by atoms with Crippen LogP contribution in [0, 0.1) is 0 Å². The highest BCUT2D eigenvalue weighted by Gasteiger charge is 2.25.